The Hall–Kier alpha value is -0.920. The standard InChI is InChI=1S/C13H17BrN4O2/c14-10-11(7-1-2-7)16-17-12(10)13(19)18-3-4-20-9-6-15-5-8(9)18/h7-9,15H,1-6H2,(H,16,17)/t8-,9+/m1/s1. The van der Waals surface area contributed by atoms with Gasteiger partial charge in [0.05, 0.1) is 28.9 Å². The summed E-state index contributed by atoms with van der Waals surface area (Å²) >= 11 is 3.54. The van der Waals surface area contributed by atoms with Crippen molar-refractivity contribution in [3.63, 3.8) is 0 Å². The van der Waals surface area contributed by atoms with Crippen LogP contribution < -0.4 is 5.32 Å². The lowest BCUT2D eigenvalue weighted by Crippen LogP contribution is -2.53. The molecule has 0 aromatic carbocycles. The van der Waals surface area contributed by atoms with E-state index in [2.05, 4.69) is 31.4 Å². The number of rotatable bonds is 2. The fraction of sp³-hybridized carbons (Fsp3) is 0.692. The smallest absolute Gasteiger partial charge is 0.276 e. The molecule has 6 nitrogen and oxygen atoms in total. The second-order valence-corrected chi connectivity index (χ2v) is 6.50. The molecule has 1 aliphatic carbocycles. The summed E-state index contributed by atoms with van der Waals surface area (Å²) < 4.78 is 6.55. The molecule has 108 valence electrons. The number of morpholine rings is 1. The number of hydrogen-bond acceptors (Lipinski definition) is 4. The lowest BCUT2D eigenvalue weighted by Gasteiger charge is -2.36. The SMILES string of the molecule is O=C(c1n[nH]c(C2CC2)c1Br)N1CCO[C@H]2CNC[C@H]21. The van der Waals surface area contributed by atoms with Crippen LogP contribution in [0.5, 0.6) is 0 Å². The van der Waals surface area contributed by atoms with E-state index in [4.69, 9.17) is 4.74 Å². The third kappa shape index (κ3) is 1.99. The number of ether oxygens (including phenoxy) is 1. The largest absolute Gasteiger partial charge is 0.373 e. The Morgan fingerprint density at radius 2 is 2.25 bits per heavy atom. The van der Waals surface area contributed by atoms with E-state index in [-0.39, 0.29) is 18.1 Å². The van der Waals surface area contributed by atoms with E-state index >= 15 is 0 Å². The average Bonchev–Trinajstić information content (AvgIpc) is 3.05. The van der Waals surface area contributed by atoms with E-state index in [0.717, 1.165) is 23.3 Å². The van der Waals surface area contributed by atoms with Gasteiger partial charge in [-0.3, -0.25) is 9.89 Å². The van der Waals surface area contributed by atoms with Crippen molar-refractivity contribution in [2.45, 2.75) is 30.9 Å². The van der Waals surface area contributed by atoms with Crippen LogP contribution in [0.2, 0.25) is 0 Å². The minimum atomic E-state index is 0.00188. The van der Waals surface area contributed by atoms with Crippen molar-refractivity contribution in [1.82, 2.24) is 20.4 Å². The zero-order valence-electron chi connectivity index (χ0n) is 11.1. The molecular formula is C13H17BrN4O2. The summed E-state index contributed by atoms with van der Waals surface area (Å²) in [6.45, 7) is 2.86. The van der Waals surface area contributed by atoms with Crippen LogP contribution in [0.4, 0.5) is 0 Å². The predicted molar refractivity (Wildman–Crippen MR) is 75.7 cm³/mol. The van der Waals surface area contributed by atoms with Crippen molar-refractivity contribution in [1.29, 1.82) is 0 Å². The maximum atomic E-state index is 12.7. The summed E-state index contributed by atoms with van der Waals surface area (Å²) in [5.74, 6) is 0.547. The number of aromatic amines is 1. The maximum Gasteiger partial charge on any atom is 0.276 e. The number of carbonyl (C=O) groups excluding carboxylic acids is 1. The molecule has 0 bridgehead atoms. The van der Waals surface area contributed by atoms with Gasteiger partial charge in [-0.2, -0.15) is 5.10 Å². The molecule has 3 aliphatic rings. The van der Waals surface area contributed by atoms with Crippen molar-refractivity contribution >= 4 is 21.8 Å². The van der Waals surface area contributed by atoms with Crippen LogP contribution >= 0.6 is 15.9 Å². The molecule has 3 heterocycles. The lowest BCUT2D eigenvalue weighted by atomic mass is 10.1. The summed E-state index contributed by atoms with van der Waals surface area (Å²) in [6.07, 6.45) is 2.48. The van der Waals surface area contributed by atoms with Crippen molar-refractivity contribution in [2.24, 2.45) is 0 Å². The minimum absolute atomic E-state index is 0.00188. The number of H-pyrrole nitrogens is 1. The van der Waals surface area contributed by atoms with E-state index in [0.29, 0.717) is 24.8 Å². The first kappa shape index (κ1) is 12.8. The predicted octanol–water partition coefficient (Wildman–Crippen LogP) is 0.862. The van der Waals surface area contributed by atoms with Crippen LogP contribution in [0, 0.1) is 0 Å². The number of nitrogens with one attached hydrogen (secondary N) is 2. The highest BCUT2D eigenvalue weighted by Gasteiger charge is 2.40. The van der Waals surface area contributed by atoms with E-state index < -0.39 is 0 Å². The van der Waals surface area contributed by atoms with Gasteiger partial charge in [-0.1, -0.05) is 0 Å². The monoisotopic (exact) mass is 340 g/mol. The molecule has 4 rings (SSSR count). The molecule has 0 unspecified atom stereocenters. The van der Waals surface area contributed by atoms with E-state index in [1.165, 1.54) is 12.8 Å². The maximum absolute atomic E-state index is 12.7. The van der Waals surface area contributed by atoms with Gasteiger partial charge in [0.25, 0.3) is 5.91 Å². The fourth-order valence-electron chi connectivity index (χ4n) is 3.10. The van der Waals surface area contributed by atoms with E-state index in [9.17, 15) is 4.79 Å². The fourth-order valence-corrected chi connectivity index (χ4v) is 3.78. The van der Waals surface area contributed by atoms with Gasteiger partial charge in [0.2, 0.25) is 0 Å². The number of carbonyl (C=O) groups is 1. The summed E-state index contributed by atoms with van der Waals surface area (Å²) in [5.41, 5.74) is 1.59. The van der Waals surface area contributed by atoms with Crippen molar-refractivity contribution in [3.05, 3.63) is 15.9 Å². The summed E-state index contributed by atoms with van der Waals surface area (Å²) in [6, 6.07) is 0.129. The molecule has 1 aromatic rings. The number of nitrogens with zero attached hydrogens (tertiary/aromatic N) is 2. The molecular weight excluding hydrogens is 324 g/mol. The van der Waals surface area contributed by atoms with Gasteiger partial charge in [0.15, 0.2) is 5.69 Å². The number of aromatic nitrogens is 2. The second kappa shape index (κ2) is 4.82. The summed E-state index contributed by atoms with van der Waals surface area (Å²) in [5, 5.41) is 10.6. The van der Waals surface area contributed by atoms with Gasteiger partial charge in [-0.15, -0.1) is 0 Å². The lowest BCUT2D eigenvalue weighted by molar-refractivity contribution is -0.0367. The first-order valence-corrected chi connectivity index (χ1v) is 7.92. The van der Waals surface area contributed by atoms with E-state index in [1.807, 2.05) is 4.90 Å². The van der Waals surface area contributed by atoms with Crippen molar-refractivity contribution < 1.29 is 9.53 Å². The molecule has 2 N–H and O–H groups in total. The third-order valence-corrected chi connectivity index (χ3v) is 5.18. The number of fused-ring (bicyclic) bond motifs is 1. The van der Waals surface area contributed by atoms with Crippen molar-refractivity contribution in [2.75, 3.05) is 26.2 Å². The quantitative estimate of drug-likeness (QED) is 0.837. The van der Waals surface area contributed by atoms with Crippen LogP contribution in [-0.4, -0.2) is 59.4 Å². The van der Waals surface area contributed by atoms with Crippen LogP contribution in [0.15, 0.2) is 4.47 Å². The number of halogens is 1. The topological polar surface area (TPSA) is 70.2 Å². The first-order valence-electron chi connectivity index (χ1n) is 7.12. The zero-order valence-corrected chi connectivity index (χ0v) is 12.6. The molecule has 2 atom stereocenters. The zero-order chi connectivity index (χ0) is 13.7. The van der Waals surface area contributed by atoms with Crippen LogP contribution in [0.3, 0.4) is 0 Å². The summed E-state index contributed by atoms with van der Waals surface area (Å²) in [7, 11) is 0. The molecule has 2 aliphatic heterocycles. The average molecular weight is 341 g/mol. The molecule has 1 saturated carbocycles. The number of amides is 1. The number of hydrogen-bond donors (Lipinski definition) is 2. The molecule has 3 fully saturated rings. The summed E-state index contributed by atoms with van der Waals surface area (Å²) in [4.78, 5) is 14.7. The highest BCUT2D eigenvalue weighted by Crippen LogP contribution is 2.43. The molecule has 20 heavy (non-hydrogen) atoms. The molecule has 2 saturated heterocycles. The molecule has 0 radical (unpaired) electrons. The highest BCUT2D eigenvalue weighted by atomic mass is 79.9. The third-order valence-electron chi connectivity index (χ3n) is 4.37. The first-order chi connectivity index (χ1) is 9.75. The molecule has 1 amide bonds. The molecule has 0 spiro atoms. The van der Waals surface area contributed by atoms with Crippen LogP contribution in [0.1, 0.15) is 34.9 Å². The van der Waals surface area contributed by atoms with Gasteiger partial charge < -0.3 is 15.0 Å². The highest BCUT2D eigenvalue weighted by molar-refractivity contribution is 9.10. The van der Waals surface area contributed by atoms with Gasteiger partial charge >= 0.3 is 0 Å². The van der Waals surface area contributed by atoms with Gasteiger partial charge in [0, 0.05) is 25.6 Å². The Balaban J connectivity index is 1.59. The van der Waals surface area contributed by atoms with Crippen LogP contribution in [-0.2, 0) is 4.74 Å². The van der Waals surface area contributed by atoms with E-state index in [1.54, 1.807) is 0 Å². The molecule has 1 aromatic heterocycles. The normalized spacial score (nSPS) is 29.6. The molecule has 7 heteroatoms. The Labute approximate surface area is 125 Å². The second-order valence-electron chi connectivity index (χ2n) is 5.71. The minimum Gasteiger partial charge on any atom is -0.373 e. The van der Waals surface area contributed by atoms with Gasteiger partial charge in [0.1, 0.15) is 0 Å². The Kier molecular flexibility index (Phi) is 3.08. The van der Waals surface area contributed by atoms with Crippen LogP contribution in [0.25, 0.3) is 0 Å². The van der Waals surface area contributed by atoms with Crippen molar-refractivity contribution in [3.8, 4) is 0 Å². The van der Waals surface area contributed by atoms with Gasteiger partial charge in [-0.05, 0) is 28.8 Å². The Bertz CT molecular complexity index is 542. The Morgan fingerprint density at radius 3 is 3.05 bits per heavy atom. The Morgan fingerprint density at radius 1 is 1.40 bits per heavy atom. The van der Waals surface area contributed by atoms with Gasteiger partial charge in [-0.25, -0.2) is 0 Å².